The van der Waals surface area contributed by atoms with Gasteiger partial charge in [-0.1, -0.05) is 35.3 Å². The van der Waals surface area contributed by atoms with Crippen LogP contribution in [0.15, 0.2) is 41.3 Å². The van der Waals surface area contributed by atoms with Crippen molar-refractivity contribution in [2.24, 2.45) is 0 Å². The number of ether oxygens (including phenoxy) is 2. The number of methoxy groups -OCH3 is 1. The summed E-state index contributed by atoms with van der Waals surface area (Å²) in [6.07, 6.45) is 1.69. The van der Waals surface area contributed by atoms with Crippen molar-refractivity contribution in [1.29, 1.82) is 5.41 Å². The maximum absolute atomic E-state index is 11.7. The van der Waals surface area contributed by atoms with Gasteiger partial charge in [0, 0.05) is 15.6 Å². The molecule has 1 aliphatic heterocycles. The number of halogens is 2. The number of thioether (sulfide) groups is 1. The second kappa shape index (κ2) is 8.03. The molecule has 1 fully saturated rings. The molecule has 1 aliphatic rings. The maximum atomic E-state index is 11.7. The third kappa shape index (κ3) is 4.15. The van der Waals surface area contributed by atoms with Gasteiger partial charge in [0.25, 0.3) is 5.91 Å². The molecule has 0 unspecified atom stereocenters. The van der Waals surface area contributed by atoms with Crippen LogP contribution in [0.2, 0.25) is 10.0 Å². The van der Waals surface area contributed by atoms with Crippen molar-refractivity contribution >= 4 is 52.1 Å². The minimum Gasteiger partial charge on any atom is -0.493 e. The number of rotatable bonds is 5. The first-order valence-corrected chi connectivity index (χ1v) is 9.08. The molecule has 8 heteroatoms. The fraction of sp³-hybridized carbons (Fsp3) is 0.111. The predicted octanol–water partition coefficient (Wildman–Crippen LogP) is 4.72. The predicted molar refractivity (Wildman–Crippen MR) is 105 cm³/mol. The van der Waals surface area contributed by atoms with E-state index in [4.69, 9.17) is 38.1 Å². The number of carbonyl (C=O) groups excluding carboxylic acids is 1. The third-order valence-corrected chi connectivity index (χ3v) is 5.12. The van der Waals surface area contributed by atoms with Crippen LogP contribution in [0.4, 0.5) is 0 Å². The molecule has 5 nitrogen and oxygen atoms in total. The highest BCUT2D eigenvalue weighted by molar-refractivity contribution is 8.18. The number of amidine groups is 1. The summed E-state index contributed by atoms with van der Waals surface area (Å²) in [7, 11) is 1.54. The van der Waals surface area contributed by atoms with E-state index < -0.39 is 0 Å². The summed E-state index contributed by atoms with van der Waals surface area (Å²) in [6.45, 7) is 0.199. The molecule has 2 aromatic rings. The highest BCUT2D eigenvalue weighted by Crippen LogP contribution is 2.33. The van der Waals surface area contributed by atoms with Gasteiger partial charge >= 0.3 is 0 Å². The summed E-state index contributed by atoms with van der Waals surface area (Å²) in [6, 6.07) is 10.6. The number of carbonyl (C=O) groups is 1. The van der Waals surface area contributed by atoms with Crippen molar-refractivity contribution in [3.63, 3.8) is 0 Å². The Hall–Kier alpha value is -2.15. The van der Waals surface area contributed by atoms with Gasteiger partial charge < -0.3 is 14.8 Å². The summed E-state index contributed by atoms with van der Waals surface area (Å²) in [4.78, 5) is 12.2. The third-order valence-electron chi connectivity index (χ3n) is 3.58. The van der Waals surface area contributed by atoms with E-state index in [-0.39, 0.29) is 17.7 Å². The minimum atomic E-state index is -0.285. The molecule has 0 saturated carbocycles. The van der Waals surface area contributed by atoms with Crippen LogP contribution in [0.3, 0.4) is 0 Å². The standard InChI is InChI=1S/C18H14Cl2N2O3S/c1-24-15-7-10(8-16-17(23)22-18(21)26-16)5-6-14(15)25-9-11-12(19)3-2-4-13(11)20/h2-8H,9H2,1H3,(H2,21,22,23)/b16-8-. The molecule has 0 bridgehead atoms. The van der Waals surface area contributed by atoms with E-state index in [1.165, 1.54) is 7.11 Å². The Bertz CT molecular complexity index is 895. The monoisotopic (exact) mass is 408 g/mol. The molecule has 1 saturated heterocycles. The number of amides is 1. The van der Waals surface area contributed by atoms with Gasteiger partial charge in [-0.05, 0) is 47.7 Å². The van der Waals surface area contributed by atoms with E-state index in [1.807, 2.05) is 0 Å². The molecule has 3 rings (SSSR count). The second-order valence-electron chi connectivity index (χ2n) is 5.29. The smallest absolute Gasteiger partial charge is 0.264 e. The second-order valence-corrected chi connectivity index (χ2v) is 7.16. The van der Waals surface area contributed by atoms with E-state index in [9.17, 15) is 4.79 Å². The van der Waals surface area contributed by atoms with Crippen LogP contribution in [0, 0.1) is 5.41 Å². The SMILES string of the molecule is COc1cc(/C=C2\SC(=N)NC2=O)ccc1OCc1c(Cl)cccc1Cl. The zero-order chi connectivity index (χ0) is 18.7. The van der Waals surface area contributed by atoms with Gasteiger partial charge in [0.2, 0.25) is 0 Å². The quantitative estimate of drug-likeness (QED) is 0.701. The van der Waals surface area contributed by atoms with Crippen molar-refractivity contribution in [1.82, 2.24) is 5.32 Å². The Balaban J connectivity index is 1.80. The molecule has 2 N–H and O–H groups in total. The molecule has 0 spiro atoms. The molecule has 0 atom stereocenters. The molecule has 1 heterocycles. The van der Waals surface area contributed by atoms with Gasteiger partial charge in [-0.15, -0.1) is 0 Å². The first-order chi connectivity index (χ1) is 12.5. The summed E-state index contributed by atoms with van der Waals surface area (Å²) in [5.74, 6) is 0.760. The lowest BCUT2D eigenvalue weighted by atomic mass is 10.2. The van der Waals surface area contributed by atoms with Crippen LogP contribution in [0.25, 0.3) is 6.08 Å². The molecule has 26 heavy (non-hydrogen) atoms. The normalized spacial score (nSPS) is 15.3. The van der Waals surface area contributed by atoms with Gasteiger partial charge in [0.05, 0.1) is 12.0 Å². The van der Waals surface area contributed by atoms with E-state index in [0.29, 0.717) is 32.0 Å². The Morgan fingerprint density at radius 2 is 1.92 bits per heavy atom. The van der Waals surface area contributed by atoms with Crippen molar-refractivity contribution in [2.45, 2.75) is 6.61 Å². The van der Waals surface area contributed by atoms with Crippen LogP contribution in [0.1, 0.15) is 11.1 Å². The van der Waals surface area contributed by atoms with E-state index in [0.717, 1.165) is 17.3 Å². The van der Waals surface area contributed by atoms with Crippen molar-refractivity contribution < 1.29 is 14.3 Å². The number of hydrogen-bond acceptors (Lipinski definition) is 5. The minimum absolute atomic E-state index is 0.116. The highest BCUT2D eigenvalue weighted by atomic mass is 35.5. The van der Waals surface area contributed by atoms with Crippen LogP contribution < -0.4 is 14.8 Å². The highest BCUT2D eigenvalue weighted by Gasteiger charge is 2.22. The Morgan fingerprint density at radius 1 is 1.19 bits per heavy atom. The average molecular weight is 409 g/mol. The zero-order valence-electron chi connectivity index (χ0n) is 13.6. The van der Waals surface area contributed by atoms with Gasteiger partial charge in [-0.3, -0.25) is 10.2 Å². The molecule has 1 amide bonds. The average Bonchev–Trinajstić information content (AvgIpc) is 2.92. The molecule has 2 aromatic carbocycles. The van der Waals surface area contributed by atoms with Crippen molar-refractivity contribution in [3.8, 4) is 11.5 Å². The van der Waals surface area contributed by atoms with E-state index >= 15 is 0 Å². The lowest BCUT2D eigenvalue weighted by Crippen LogP contribution is -2.18. The van der Waals surface area contributed by atoms with Gasteiger partial charge in [0.15, 0.2) is 16.7 Å². The van der Waals surface area contributed by atoms with E-state index in [2.05, 4.69) is 5.32 Å². The maximum Gasteiger partial charge on any atom is 0.264 e. The largest absolute Gasteiger partial charge is 0.493 e. The molecule has 0 aliphatic carbocycles. The Morgan fingerprint density at radius 3 is 2.54 bits per heavy atom. The van der Waals surface area contributed by atoms with Crippen LogP contribution in [0.5, 0.6) is 11.5 Å². The fourth-order valence-corrected chi connectivity index (χ4v) is 3.52. The molecular weight excluding hydrogens is 395 g/mol. The molecule has 0 radical (unpaired) electrons. The molecule has 134 valence electrons. The van der Waals surface area contributed by atoms with Crippen molar-refractivity contribution in [3.05, 3.63) is 62.5 Å². The van der Waals surface area contributed by atoms with Gasteiger partial charge in [-0.25, -0.2) is 0 Å². The number of hydrogen-bond donors (Lipinski definition) is 2. The van der Waals surface area contributed by atoms with E-state index in [1.54, 1.807) is 42.5 Å². The van der Waals surface area contributed by atoms with Crippen LogP contribution >= 0.6 is 35.0 Å². The van der Waals surface area contributed by atoms with Crippen LogP contribution in [-0.2, 0) is 11.4 Å². The van der Waals surface area contributed by atoms with Crippen LogP contribution in [-0.4, -0.2) is 18.2 Å². The summed E-state index contributed by atoms with van der Waals surface area (Å²) < 4.78 is 11.2. The topological polar surface area (TPSA) is 71.4 Å². The molecular formula is C18H14Cl2N2O3S. The number of nitrogens with one attached hydrogen (secondary N) is 2. The van der Waals surface area contributed by atoms with Gasteiger partial charge in [0.1, 0.15) is 6.61 Å². The summed E-state index contributed by atoms with van der Waals surface area (Å²) in [5, 5.41) is 11.1. The first-order valence-electron chi connectivity index (χ1n) is 7.51. The van der Waals surface area contributed by atoms with Gasteiger partial charge in [-0.2, -0.15) is 0 Å². The zero-order valence-corrected chi connectivity index (χ0v) is 16.0. The van der Waals surface area contributed by atoms with Crippen molar-refractivity contribution in [2.75, 3.05) is 7.11 Å². The number of benzene rings is 2. The fourth-order valence-electron chi connectivity index (χ4n) is 2.31. The first kappa shape index (κ1) is 18.6. The Labute approximate surface area is 164 Å². The summed E-state index contributed by atoms with van der Waals surface area (Å²) >= 11 is 13.4. The molecule has 0 aromatic heterocycles. The lowest BCUT2D eigenvalue weighted by molar-refractivity contribution is -0.115. The summed E-state index contributed by atoms with van der Waals surface area (Å²) in [5.41, 5.74) is 1.46. The lowest BCUT2D eigenvalue weighted by Gasteiger charge is -2.13. The Kier molecular flexibility index (Phi) is 5.76.